The van der Waals surface area contributed by atoms with E-state index in [2.05, 4.69) is 145 Å². The van der Waals surface area contributed by atoms with Gasteiger partial charge in [-0.3, -0.25) is 20.6 Å². The summed E-state index contributed by atoms with van der Waals surface area (Å²) in [5.41, 5.74) is 14.9. The van der Waals surface area contributed by atoms with E-state index in [1.165, 1.54) is 46.5 Å². The van der Waals surface area contributed by atoms with Gasteiger partial charge in [0.2, 0.25) is 0 Å². The summed E-state index contributed by atoms with van der Waals surface area (Å²) in [6.07, 6.45) is 10.3. The van der Waals surface area contributed by atoms with Crippen molar-refractivity contribution in [1.82, 2.24) is 24.9 Å². The number of Topliss-reactive ketones (excluding diaryl/α,β-unsaturated/α-hetero) is 2. The van der Waals surface area contributed by atoms with E-state index in [-0.39, 0.29) is 78.3 Å². The number of allylic oxidation sites excluding steroid dienone is 1. The van der Waals surface area contributed by atoms with Crippen LogP contribution in [0.4, 0.5) is 0 Å². The van der Waals surface area contributed by atoms with E-state index in [1.54, 1.807) is 12.4 Å². The SMILES string of the molecule is CC(=O)CC(C)=O.C[C-]=Cc1ccc2ccccc2n1.Cc1[c-]c(-c2ccc3c(C(C)C)cccc3n2)cc(C)c1.[Ir].[Ir].[Ir].[c-]1ccccc1-c1ccccn1.[c-]1ccccc1-c1ccccn1.[c-]1ccccc1-c1nccc2ccccc12. The van der Waals surface area contributed by atoms with Crippen LogP contribution in [0, 0.1) is 44.2 Å². The van der Waals surface area contributed by atoms with Crippen LogP contribution in [-0.2, 0) is 69.9 Å². The molecule has 0 atom stereocenters. The standard InChI is InChI=1S/C20H20N.C15H10N.C12H10N.2C11H8N.C5H8O2.3Ir/c1-13(2)17-6-5-7-20-18(17)8-9-19(21-20)16-11-14(3)10-15(4)12-16;1-2-7-13(8-3-1)15-14-9-5-4-6-12(14)10-11-16-15;1-2-5-11-9-8-10-6-3-4-7-12(10)13-11;2*1-2-6-10(7-3-1)11-8-4-5-9-12-11;1-4(6)3-5(2)7;;;/h5-11,13H,1-4H3;1-7,9-11H;3-9H,1H3;2*1-6,8-9H;3H2,1-2H3;;;/q5*-1;;;;. The van der Waals surface area contributed by atoms with E-state index in [9.17, 15) is 9.59 Å². The molecule has 5 heterocycles. The Hall–Kier alpha value is -7.90. The van der Waals surface area contributed by atoms with Crippen molar-refractivity contribution in [3.05, 3.63) is 290 Å². The Morgan fingerprint density at radius 3 is 1.58 bits per heavy atom. The predicted octanol–water partition coefficient (Wildman–Crippen LogP) is 17.9. The first kappa shape index (κ1) is 68.6. The van der Waals surface area contributed by atoms with E-state index in [4.69, 9.17) is 4.98 Å². The molecule has 3 radical (unpaired) electrons. The first-order valence-electron chi connectivity index (χ1n) is 26.8. The molecule has 0 aliphatic carbocycles. The first-order valence-corrected chi connectivity index (χ1v) is 26.8. The third kappa shape index (κ3) is 21.7. The smallest absolute Gasteiger partial charge is 0.137 e. The van der Waals surface area contributed by atoms with Crippen molar-refractivity contribution in [3.8, 4) is 45.0 Å². The zero-order valence-electron chi connectivity index (χ0n) is 47.9. The minimum Gasteiger partial charge on any atom is -0.344 e. The van der Waals surface area contributed by atoms with Crippen molar-refractivity contribution in [2.75, 3.05) is 0 Å². The number of fused-ring (bicyclic) bond motifs is 3. The fourth-order valence-corrected chi connectivity index (χ4v) is 8.55. The van der Waals surface area contributed by atoms with Gasteiger partial charge in [-0.25, -0.2) is 6.08 Å². The van der Waals surface area contributed by atoms with E-state index < -0.39 is 0 Å². The maximum absolute atomic E-state index is 10.0. The van der Waals surface area contributed by atoms with E-state index >= 15 is 0 Å². The minimum absolute atomic E-state index is 0. The quantitative estimate of drug-likeness (QED) is 0.110. The van der Waals surface area contributed by atoms with Crippen LogP contribution < -0.4 is 0 Å². The van der Waals surface area contributed by atoms with E-state index in [0.29, 0.717) is 5.92 Å². The number of nitrogens with zero attached hydrogens (tertiary/aromatic N) is 5. The van der Waals surface area contributed by atoms with Gasteiger partial charge >= 0.3 is 0 Å². The van der Waals surface area contributed by atoms with Gasteiger partial charge in [0.05, 0.1) is 11.9 Å². The molecule has 5 aromatic heterocycles. The topological polar surface area (TPSA) is 98.6 Å². The molecule has 0 unspecified atom stereocenters. The van der Waals surface area contributed by atoms with Crippen molar-refractivity contribution in [3.63, 3.8) is 0 Å². The van der Waals surface area contributed by atoms with Crippen LogP contribution in [-0.4, -0.2) is 36.5 Å². The number of benzene rings is 7. The molecule has 0 fully saturated rings. The molecule has 0 amide bonds. The Labute approximate surface area is 536 Å². The number of pyridine rings is 5. The molecule has 10 heteroatoms. The van der Waals surface area contributed by atoms with Crippen molar-refractivity contribution in [2.24, 2.45) is 0 Å². The summed E-state index contributed by atoms with van der Waals surface area (Å²) >= 11 is 0. The van der Waals surface area contributed by atoms with Crippen molar-refractivity contribution < 1.29 is 69.9 Å². The number of carbonyl (C=O) groups is 2. The molecule has 7 aromatic carbocycles. The predicted molar refractivity (Wildman–Crippen MR) is 334 cm³/mol. The third-order valence-electron chi connectivity index (χ3n) is 12.2. The van der Waals surface area contributed by atoms with Gasteiger partial charge in [0.25, 0.3) is 0 Å². The molecular weight excluding hydrogens is 1570 g/mol. The summed E-state index contributed by atoms with van der Waals surface area (Å²) in [7, 11) is 0. The minimum atomic E-state index is -0.0625. The van der Waals surface area contributed by atoms with Crippen LogP contribution in [0.3, 0.4) is 0 Å². The largest absolute Gasteiger partial charge is 0.344 e. The van der Waals surface area contributed by atoms with Gasteiger partial charge in [-0.2, -0.15) is 0 Å². The molecule has 0 saturated carbocycles. The number of aryl methyl sites for hydroxylation is 2. The molecule has 7 nitrogen and oxygen atoms in total. The average molecular weight is 1630 g/mol. The van der Waals surface area contributed by atoms with Crippen LogP contribution in [0.25, 0.3) is 83.7 Å². The van der Waals surface area contributed by atoms with Crippen molar-refractivity contribution >= 4 is 50.2 Å². The molecular formula is C74H64Ir3N5O2-5. The number of hydrogen-bond acceptors (Lipinski definition) is 7. The van der Waals surface area contributed by atoms with Gasteiger partial charge in [0, 0.05) is 89.8 Å². The normalized spacial score (nSPS) is 10.0. The molecule has 12 aromatic rings. The maximum atomic E-state index is 10.0. The third-order valence-corrected chi connectivity index (χ3v) is 12.2. The average Bonchev–Trinajstić information content (AvgIpc) is 3.08. The molecule has 0 bridgehead atoms. The van der Waals surface area contributed by atoms with E-state index in [0.717, 1.165) is 67.3 Å². The summed E-state index contributed by atoms with van der Waals surface area (Å²) < 4.78 is 0. The monoisotopic (exact) mass is 1630 g/mol. The van der Waals surface area contributed by atoms with Crippen LogP contribution in [0.5, 0.6) is 0 Å². The number of ketones is 2. The molecule has 429 valence electrons. The van der Waals surface area contributed by atoms with Crippen LogP contribution in [0.2, 0.25) is 0 Å². The Kier molecular flexibility index (Phi) is 29.9. The molecule has 0 N–H and O–H groups in total. The Morgan fingerprint density at radius 2 is 1.05 bits per heavy atom. The van der Waals surface area contributed by atoms with Crippen LogP contribution >= 0.6 is 0 Å². The second-order valence-corrected chi connectivity index (χ2v) is 19.1. The molecule has 84 heavy (non-hydrogen) atoms. The number of para-hydroxylation sites is 1. The zero-order valence-corrected chi connectivity index (χ0v) is 55.1. The van der Waals surface area contributed by atoms with Crippen molar-refractivity contribution in [2.45, 2.75) is 60.8 Å². The number of rotatable bonds is 8. The summed E-state index contributed by atoms with van der Waals surface area (Å²) in [4.78, 5) is 42.2. The van der Waals surface area contributed by atoms with E-state index in [1.807, 2.05) is 171 Å². The van der Waals surface area contributed by atoms with Crippen LogP contribution in [0.15, 0.2) is 237 Å². The van der Waals surface area contributed by atoms with Gasteiger partial charge in [0.1, 0.15) is 11.6 Å². The van der Waals surface area contributed by atoms with Crippen LogP contribution in [0.1, 0.15) is 69.3 Å². The fourth-order valence-electron chi connectivity index (χ4n) is 8.55. The van der Waals surface area contributed by atoms with Gasteiger partial charge in [-0.05, 0) is 94.6 Å². The summed E-state index contributed by atoms with van der Waals surface area (Å²) in [6, 6.07) is 85.6. The van der Waals surface area contributed by atoms with Gasteiger partial charge < -0.3 is 19.9 Å². The van der Waals surface area contributed by atoms with Gasteiger partial charge in [-0.1, -0.05) is 130 Å². The zero-order chi connectivity index (χ0) is 57.2. The van der Waals surface area contributed by atoms with Crippen molar-refractivity contribution in [1.29, 1.82) is 0 Å². The molecule has 0 spiro atoms. The summed E-state index contributed by atoms with van der Waals surface area (Å²) in [5, 5.41) is 4.81. The molecule has 0 aliphatic rings. The van der Waals surface area contributed by atoms with Gasteiger partial charge in [-0.15, -0.1) is 156 Å². The maximum Gasteiger partial charge on any atom is 0.137 e. The second kappa shape index (κ2) is 36.6. The number of aromatic nitrogens is 5. The Balaban J connectivity index is 0.000000220. The first-order chi connectivity index (χ1) is 39.4. The Bertz CT molecular complexity index is 3740. The second-order valence-electron chi connectivity index (χ2n) is 19.1. The van der Waals surface area contributed by atoms with Gasteiger partial charge in [0.15, 0.2) is 0 Å². The summed E-state index contributed by atoms with van der Waals surface area (Å²) in [5.74, 6) is 0.383. The molecule has 0 aliphatic heterocycles. The number of carbonyl (C=O) groups excluding carboxylic acids is 2. The molecule has 0 saturated heterocycles. The summed E-state index contributed by atoms with van der Waals surface area (Å²) in [6.45, 7) is 13.3. The fraction of sp³-hybridized carbons (Fsp3) is 0.122. The molecule has 12 rings (SSSR count). The Morgan fingerprint density at radius 1 is 0.488 bits per heavy atom. The number of hydrogen-bond donors (Lipinski definition) is 0.